The molecule has 5 heteroatoms. The second-order valence-electron chi connectivity index (χ2n) is 4.23. The van der Waals surface area contributed by atoms with Crippen molar-refractivity contribution in [3.05, 3.63) is 71.0 Å². The lowest BCUT2D eigenvalue weighted by atomic mass is 10.1. The number of benzene rings is 2. The molecule has 0 aromatic heterocycles. The smallest absolute Gasteiger partial charge is 0.267 e. The van der Waals surface area contributed by atoms with Crippen LogP contribution in [0.5, 0.6) is 0 Å². The van der Waals surface area contributed by atoms with E-state index in [0.29, 0.717) is 11.1 Å². The Bertz CT molecular complexity index is 705. The highest BCUT2D eigenvalue weighted by atomic mass is 19.1. The molecule has 0 N–H and O–H groups in total. The Hall–Kier alpha value is -2.82. The van der Waals surface area contributed by atoms with Crippen LogP contribution >= 0.6 is 0 Å². The van der Waals surface area contributed by atoms with Crippen molar-refractivity contribution in [2.45, 2.75) is 0 Å². The minimum atomic E-state index is -0.502. The Kier molecular flexibility index (Phi) is 2.87. The number of imide groups is 1. The van der Waals surface area contributed by atoms with Crippen LogP contribution < -0.4 is 0 Å². The van der Waals surface area contributed by atoms with Crippen LogP contribution in [0, 0.1) is 5.82 Å². The van der Waals surface area contributed by atoms with Crippen LogP contribution in [0.3, 0.4) is 0 Å². The Morgan fingerprint density at radius 2 is 1.45 bits per heavy atom. The summed E-state index contributed by atoms with van der Waals surface area (Å²) >= 11 is 0. The molecule has 2 amide bonds. The van der Waals surface area contributed by atoms with E-state index in [-0.39, 0.29) is 5.56 Å². The van der Waals surface area contributed by atoms with Crippen LogP contribution in [-0.2, 0) is 0 Å². The first-order valence-electron chi connectivity index (χ1n) is 5.95. The third-order valence-electron chi connectivity index (χ3n) is 2.99. The highest BCUT2D eigenvalue weighted by molar-refractivity contribution is 6.21. The zero-order chi connectivity index (χ0) is 14.1. The van der Waals surface area contributed by atoms with E-state index in [4.69, 9.17) is 0 Å². The summed E-state index contributed by atoms with van der Waals surface area (Å²) in [6, 6.07) is 12.5. The normalized spacial score (nSPS) is 14.2. The first-order valence-corrected chi connectivity index (χ1v) is 5.95. The minimum absolute atomic E-state index is 0.212. The van der Waals surface area contributed by atoms with Crippen LogP contribution in [-0.4, -0.2) is 23.0 Å². The van der Waals surface area contributed by atoms with Gasteiger partial charge in [0.25, 0.3) is 11.8 Å². The van der Waals surface area contributed by atoms with Gasteiger partial charge < -0.3 is 0 Å². The number of carbonyl (C=O) groups excluding carboxylic acids is 2. The molecule has 1 heterocycles. The van der Waals surface area contributed by atoms with Crippen molar-refractivity contribution in [2.75, 3.05) is 0 Å². The molecule has 98 valence electrons. The van der Waals surface area contributed by atoms with Gasteiger partial charge in [-0.25, -0.2) is 4.39 Å². The molecule has 2 aromatic rings. The van der Waals surface area contributed by atoms with Crippen LogP contribution in [0.1, 0.15) is 26.3 Å². The van der Waals surface area contributed by atoms with Crippen molar-refractivity contribution >= 4 is 18.0 Å². The molecule has 4 nitrogen and oxygen atoms in total. The Morgan fingerprint density at radius 1 is 0.900 bits per heavy atom. The summed E-state index contributed by atoms with van der Waals surface area (Å²) in [4.78, 5) is 24.0. The SMILES string of the molecule is O=C1c2ccccc2C(=O)N1N=Cc1ccccc1F. The van der Waals surface area contributed by atoms with E-state index in [1.54, 1.807) is 36.4 Å². The molecule has 0 atom stereocenters. The quantitative estimate of drug-likeness (QED) is 0.620. The van der Waals surface area contributed by atoms with Gasteiger partial charge in [0.05, 0.1) is 17.3 Å². The lowest BCUT2D eigenvalue weighted by Gasteiger charge is -2.05. The number of fused-ring (bicyclic) bond motifs is 1. The van der Waals surface area contributed by atoms with E-state index in [1.165, 1.54) is 12.1 Å². The highest BCUT2D eigenvalue weighted by Crippen LogP contribution is 2.22. The molecule has 0 radical (unpaired) electrons. The fourth-order valence-corrected chi connectivity index (χ4v) is 1.98. The number of hydrogen-bond acceptors (Lipinski definition) is 3. The van der Waals surface area contributed by atoms with Crippen LogP contribution in [0.2, 0.25) is 0 Å². The summed E-state index contributed by atoms with van der Waals surface area (Å²) in [5, 5.41) is 4.55. The lowest BCUT2D eigenvalue weighted by molar-refractivity contribution is 0.0660. The molecule has 1 aliphatic heterocycles. The highest BCUT2D eigenvalue weighted by Gasteiger charge is 2.35. The van der Waals surface area contributed by atoms with Gasteiger partial charge in [-0.05, 0) is 18.2 Å². The maximum Gasteiger partial charge on any atom is 0.282 e. The second-order valence-corrected chi connectivity index (χ2v) is 4.23. The van der Waals surface area contributed by atoms with Gasteiger partial charge in [-0.2, -0.15) is 10.1 Å². The molecule has 3 rings (SSSR count). The topological polar surface area (TPSA) is 49.7 Å². The van der Waals surface area contributed by atoms with Gasteiger partial charge in [-0.3, -0.25) is 9.59 Å². The number of hydrogen-bond donors (Lipinski definition) is 0. The summed E-state index contributed by atoms with van der Waals surface area (Å²) in [6.45, 7) is 0. The molecule has 1 aliphatic rings. The van der Waals surface area contributed by atoms with Crippen molar-refractivity contribution in [2.24, 2.45) is 5.10 Å². The fraction of sp³-hybridized carbons (Fsp3) is 0. The third kappa shape index (κ3) is 1.89. The predicted molar refractivity (Wildman–Crippen MR) is 70.9 cm³/mol. The molecule has 20 heavy (non-hydrogen) atoms. The van der Waals surface area contributed by atoms with Gasteiger partial charge in [0.1, 0.15) is 5.82 Å². The maximum absolute atomic E-state index is 13.4. The first-order chi connectivity index (χ1) is 9.68. The molecular formula is C15H9FN2O2. The molecule has 0 fully saturated rings. The first kappa shape index (κ1) is 12.2. The molecule has 0 spiro atoms. The van der Waals surface area contributed by atoms with E-state index in [0.717, 1.165) is 11.2 Å². The minimum Gasteiger partial charge on any atom is -0.267 e. The standard InChI is InChI=1S/C15H9FN2O2/c16-13-8-4-1-5-10(13)9-17-18-14(19)11-6-2-3-7-12(11)15(18)20/h1-9H. The number of rotatable bonds is 2. The molecule has 2 aromatic carbocycles. The maximum atomic E-state index is 13.4. The van der Waals surface area contributed by atoms with Gasteiger partial charge in [-0.15, -0.1) is 0 Å². The number of hydrazone groups is 1. The van der Waals surface area contributed by atoms with E-state index in [9.17, 15) is 14.0 Å². The van der Waals surface area contributed by atoms with E-state index >= 15 is 0 Å². The number of nitrogens with zero attached hydrogens (tertiary/aromatic N) is 2. The van der Waals surface area contributed by atoms with E-state index in [1.807, 2.05) is 0 Å². The summed E-state index contributed by atoms with van der Waals surface area (Å²) in [5.74, 6) is -1.47. The average molecular weight is 268 g/mol. The lowest BCUT2D eigenvalue weighted by Crippen LogP contribution is -2.24. The number of halogens is 1. The Labute approximate surface area is 114 Å². The van der Waals surface area contributed by atoms with E-state index < -0.39 is 17.6 Å². The fourth-order valence-electron chi connectivity index (χ4n) is 1.98. The van der Waals surface area contributed by atoms with Crippen molar-refractivity contribution in [1.29, 1.82) is 0 Å². The zero-order valence-electron chi connectivity index (χ0n) is 10.3. The number of amides is 2. The second kappa shape index (κ2) is 4.70. The average Bonchev–Trinajstić information content (AvgIpc) is 2.71. The third-order valence-corrected chi connectivity index (χ3v) is 2.99. The van der Waals surface area contributed by atoms with Crippen LogP contribution in [0.15, 0.2) is 53.6 Å². The molecule has 0 saturated carbocycles. The van der Waals surface area contributed by atoms with E-state index in [2.05, 4.69) is 5.10 Å². The number of carbonyl (C=O) groups is 2. The summed E-state index contributed by atoms with van der Waals surface area (Å²) in [7, 11) is 0. The largest absolute Gasteiger partial charge is 0.282 e. The van der Waals surface area contributed by atoms with Crippen LogP contribution in [0.25, 0.3) is 0 Å². The van der Waals surface area contributed by atoms with Gasteiger partial charge in [0.15, 0.2) is 0 Å². The predicted octanol–water partition coefficient (Wildman–Crippen LogP) is 2.46. The molecular weight excluding hydrogens is 259 g/mol. The van der Waals surface area contributed by atoms with Gasteiger partial charge in [0, 0.05) is 5.56 Å². The molecule has 0 aliphatic carbocycles. The monoisotopic (exact) mass is 268 g/mol. The van der Waals surface area contributed by atoms with Crippen molar-refractivity contribution in [3.8, 4) is 0 Å². The van der Waals surface area contributed by atoms with Gasteiger partial charge in [-0.1, -0.05) is 30.3 Å². The zero-order valence-corrected chi connectivity index (χ0v) is 10.3. The molecule has 0 saturated heterocycles. The summed E-state index contributed by atoms with van der Waals surface area (Å²) in [6.07, 6.45) is 1.16. The van der Waals surface area contributed by atoms with Crippen LogP contribution in [0.4, 0.5) is 4.39 Å². The Morgan fingerprint density at radius 3 is 2.05 bits per heavy atom. The van der Waals surface area contributed by atoms with Crippen molar-refractivity contribution in [1.82, 2.24) is 5.01 Å². The summed E-state index contributed by atoms with van der Waals surface area (Å²) < 4.78 is 13.4. The van der Waals surface area contributed by atoms with Crippen molar-refractivity contribution in [3.63, 3.8) is 0 Å². The molecule has 0 bridgehead atoms. The van der Waals surface area contributed by atoms with Gasteiger partial charge in [0.2, 0.25) is 0 Å². The molecule has 0 unspecified atom stereocenters. The van der Waals surface area contributed by atoms with Gasteiger partial charge >= 0.3 is 0 Å². The Balaban J connectivity index is 1.93. The summed E-state index contributed by atoms with van der Waals surface area (Å²) in [5.41, 5.74) is 0.829. The van der Waals surface area contributed by atoms with Crippen molar-refractivity contribution < 1.29 is 14.0 Å².